The number of anilines is 1. The smallest absolute Gasteiger partial charge is 0.438 e. The third-order valence-corrected chi connectivity index (χ3v) is 4.13. The van der Waals surface area contributed by atoms with E-state index in [0.717, 1.165) is 12.0 Å². The molecule has 0 saturated heterocycles. The number of fused-ring (bicyclic) bond motifs is 1. The predicted octanol–water partition coefficient (Wildman–Crippen LogP) is 2.35. The summed E-state index contributed by atoms with van der Waals surface area (Å²) in [4.78, 5) is 23.4. The lowest BCUT2D eigenvalue weighted by Crippen LogP contribution is -2.13. The topological polar surface area (TPSA) is 105 Å². The molecule has 0 saturated carbocycles. The maximum absolute atomic E-state index is 11.1. The number of carbonyl (C=O) groups is 1. The molecule has 9 heteroatoms. The first kappa shape index (κ1) is 15.5. The molecule has 23 heavy (non-hydrogen) atoms. The van der Waals surface area contributed by atoms with Gasteiger partial charge in [0.1, 0.15) is 12.1 Å². The summed E-state index contributed by atoms with van der Waals surface area (Å²) in [6.45, 7) is 2.28. The number of halogens is 1. The molecule has 2 heterocycles. The molecular formula is C14H16ClN5O3. The van der Waals surface area contributed by atoms with Crippen LogP contribution in [-0.2, 0) is 9.47 Å². The third-order valence-electron chi connectivity index (χ3n) is 3.87. The van der Waals surface area contributed by atoms with Gasteiger partial charge in [-0.3, -0.25) is 0 Å². The molecule has 0 amide bonds. The van der Waals surface area contributed by atoms with Gasteiger partial charge < -0.3 is 19.8 Å². The van der Waals surface area contributed by atoms with E-state index < -0.39 is 6.16 Å². The summed E-state index contributed by atoms with van der Waals surface area (Å²) >= 11 is 6.20. The lowest BCUT2D eigenvalue weighted by atomic mass is 10.1. The van der Waals surface area contributed by atoms with Crippen molar-refractivity contribution in [2.45, 2.75) is 19.4 Å². The van der Waals surface area contributed by atoms with Crippen molar-refractivity contribution < 1.29 is 14.3 Å². The highest BCUT2D eigenvalue weighted by atomic mass is 35.5. The van der Waals surface area contributed by atoms with Crippen molar-refractivity contribution in [3.05, 3.63) is 23.1 Å². The van der Waals surface area contributed by atoms with Gasteiger partial charge in [-0.1, -0.05) is 23.3 Å². The third kappa shape index (κ3) is 2.94. The van der Waals surface area contributed by atoms with E-state index in [1.54, 1.807) is 6.33 Å². The molecule has 2 atom stereocenters. The van der Waals surface area contributed by atoms with Crippen LogP contribution >= 0.6 is 11.6 Å². The average molecular weight is 338 g/mol. The van der Waals surface area contributed by atoms with Gasteiger partial charge >= 0.3 is 6.16 Å². The highest BCUT2D eigenvalue weighted by Crippen LogP contribution is 2.37. The van der Waals surface area contributed by atoms with Crippen LogP contribution in [0.5, 0.6) is 0 Å². The molecule has 122 valence electrons. The van der Waals surface area contributed by atoms with Gasteiger partial charge in [-0.05, 0) is 13.3 Å². The number of hydrogen-bond donors (Lipinski definition) is 1. The van der Waals surface area contributed by atoms with Crippen LogP contribution in [0.4, 0.5) is 10.7 Å². The largest absolute Gasteiger partial charge is 0.507 e. The highest BCUT2D eigenvalue weighted by molar-refractivity contribution is 6.33. The second-order valence-electron chi connectivity index (χ2n) is 5.38. The predicted molar refractivity (Wildman–Crippen MR) is 84.0 cm³/mol. The van der Waals surface area contributed by atoms with E-state index in [2.05, 4.69) is 25.8 Å². The number of ether oxygens (including phenoxy) is 2. The van der Waals surface area contributed by atoms with E-state index >= 15 is 0 Å². The van der Waals surface area contributed by atoms with Gasteiger partial charge in [0.25, 0.3) is 0 Å². The highest BCUT2D eigenvalue weighted by Gasteiger charge is 2.28. The summed E-state index contributed by atoms with van der Waals surface area (Å²) in [5, 5.41) is 0.270. The maximum Gasteiger partial charge on any atom is 0.507 e. The van der Waals surface area contributed by atoms with Crippen LogP contribution in [0, 0.1) is 5.92 Å². The summed E-state index contributed by atoms with van der Waals surface area (Å²) in [6.07, 6.45) is 3.83. The van der Waals surface area contributed by atoms with Gasteiger partial charge in [0.15, 0.2) is 10.8 Å². The summed E-state index contributed by atoms with van der Waals surface area (Å²) < 4.78 is 11.4. The van der Waals surface area contributed by atoms with Crippen LogP contribution in [0.15, 0.2) is 18.0 Å². The number of allylic oxidation sites excluding steroid dienone is 1. The molecule has 1 aliphatic carbocycles. The summed E-state index contributed by atoms with van der Waals surface area (Å²) in [5.74, 6) is 0.195. The normalized spacial score (nSPS) is 20.6. The molecule has 3 rings (SSSR count). The second-order valence-corrected chi connectivity index (χ2v) is 5.74. The van der Waals surface area contributed by atoms with Crippen molar-refractivity contribution >= 4 is 34.9 Å². The fraction of sp³-hybridized carbons (Fsp3) is 0.429. The van der Waals surface area contributed by atoms with Crippen molar-refractivity contribution in [3.8, 4) is 0 Å². The van der Waals surface area contributed by atoms with Crippen molar-refractivity contribution in [1.29, 1.82) is 0 Å². The Bertz CT molecular complexity index is 788. The lowest BCUT2D eigenvalue weighted by Gasteiger charge is -2.17. The Morgan fingerprint density at radius 2 is 2.30 bits per heavy atom. The molecule has 0 bridgehead atoms. The van der Waals surface area contributed by atoms with E-state index in [-0.39, 0.29) is 29.7 Å². The first-order chi connectivity index (χ1) is 11.0. The van der Waals surface area contributed by atoms with Crippen molar-refractivity contribution in [1.82, 2.24) is 19.5 Å². The van der Waals surface area contributed by atoms with Crippen LogP contribution in [-0.4, -0.2) is 39.4 Å². The Morgan fingerprint density at radius 3 is 3.04 bits per heavy atom. The number of hydrogen-bond acceptors (Lipinski definition) is 7. The molecule has 0 spiro atoms. The second kappa shape index (κ2) is 6.04. The van der Waals surface area contributed by atoms with Crippen molar-refractivity contribution in [2.24, 2.45) is 5.92 Å². The number of imidazole rings is 1. The minimum atomic E-state index is -0.681. The Balaban J connectivity index is 1.83. The molecule has 0 fully saturated rings. The zero-order chi connectivity index (χ0) is 16.6. The number of nitrogens with zero attached hydrogens (tertiary/aromatic N) is 4. The fourth-order valence-corrected chi connectivity index (χ4v) is 3.13. The van der Waals surface area contributed by atoms with Crippen LogP contribution in [0.25, 0.3) is 11.2 Å². The first-order valence-corrected chi connectivity index (χ1v) is 7.42. The van der Waals surface area contributed by atoms with Gasteiger partial charge in [-0.25, -0.2) is 9.78 Å². The van der Waals surface area contributed by atoms with E-state index in [0.29, 0.717) is 11.2 Å². The average Bonchev–Trinajstić information content (AvgIpc) is 3.08. The van der Waals surface area contributed by atoms with Gasteiger partial charge in [0.05, 0.1) is 19.5 Å². The number of methoxy groups -OCH3 is 1. The van der Waals surface area contributed by atoms with Gasteiger partial charge in [-0.15, -0.1) is 0 Å². The Hall–Kier alpha value is -2.35. The molecule has 2 aromatic rings. The molecule has 0 aliphatic heterocycles. The number of rotatable bonds is 3. The maximum atomic E-state index is 11.1. The molecule has 0 aromatic carbocycles. The SMILES string of the molecule is COC(=O)OC[C@@H]1C=C(C)[C@H](n2cnc3nc(N)nc(Cl)c32)C1. The van der Waals surface area contributed by atoms with E-state index in [1.807, 2.05) is 11.5 Å². The number of carbonyl (C=O) groups excluding carboxylic acids is 1. The molecule has 8 nitrogen and oxygen atoms in total. The molecule has 0 radical (unpaired) electrons. The lowest BCUT2D eigenvalue weighted by molar-refractivity contribution is 0.0641. The van der Waals surface area contributed by atoms with Crippen LogP contribution in [0.2, 0.25) is 5.15 Å². The van der Waals surface area contributed by atoms with Crippen LogP contribution in [0.3, 0.4) is 0 Å². The minimum Gasteiger partial charge on any atom is -0.438 e. The number of nitrogens with two attached hydrogens (primary N) is 1. The van der Waals surface area contributed by atoms with Crippen molar-refractivity contribution in [3.63, 3.8) is 0 Å². The summed E-state index contributed by atoms with van der Waals surface area (Å²) in [6, 6.07) is 0.0518. The van der Waals surface area contributed by atoms with Crippen LogP contribution < -0.4 is 5.73 Å². The molecule has 2 aromatic heterocycles. The number of nitrogen functional groups attached to an aromatic ring is 1. The zero-order valence-electron chi connectivity index (χ0n) is 12.7. The fourth-order valence-electron chi connectivity index (χ4n) is 2.86. The monoisotopic (exact) mass is 337 g/mol. The zero-order valence-corrected chi connectivity index (χ0v) is 13.4. The van der Waals surface area contributed by atoms with Gasteiger partial charge in [0, 0.05) is 5.92 Å². The molecular weight excluding hydrogens is 322 g/mol. The van der Waals surface area contributed by atoms with Gasteiger partial charge in [-0.2, -0.15) is 9.97 Å². The van der Waals surface area contributed by atoms with E-state index in [9.17, 15) is 4.79 Å². The van der Waals surface area contributed by atoms with Crippen molar-refractivity contribution in [2.75, 3.05) is 19.5 Å². The van der Waals surface area contributed by atoms with E-state index in [4.69, 9.17) is 22.1 Å². The van der Waals surface area contributed by atoms with Crippen LogP contribution in [0.1, 0.15) is 19.4 Å². The standard InChI is InChI=1S/C14H16ClN5O3/c1-7-3-8(5-23-14(21)22-2)4-9(7)20-6-17-12-10(20)11(15)18-13(16)19-12/h3,6,8-9H,4-5H2,1-2H3,(H2,16,18,19)/t8-,9-/m1/s1. The minimum absolute atomic E-state index is 0.0518. The first-order valence-electron chi connectivity index (χ1n) is 7.04. The summed E-state index contributed by atoms with van der Waals surface area (Å²) in [7, 11) is 1.28. The Morgan fingerprint density at radius 1 is 1.52 bits per heavy atom. The molecule has 0 unspecified atom stereocenters. The summed E-state index contributed by atoms with van der Waals surface area (Å²) in [5.41, 5.74) is 7.83. The Labute approximate surface area is 137 Å². The number of aromatic nitrogens is 4. The quantitative estimate of drug-likeness (QED) is 0.520. The molecule has 1 aliphatic rings. The molecule has 2 N–H and O–H groups in total. The van der Waals surface area contributed by atoms with Gasteiger partial charge in [0.2, 0.25) is 5.95 Å². The Kier molecular flexibility index (Phi) is 4.08. The van der Waals surface area contributed by atoms with E-state index in [1.165, 1.54) is 7.11 Å².